The van der Waals surface area contributed by atoms with E-state index in [9.17, 15) is 0 Å². The molecule has 2 aromatic carbocycles. The summed E-state index contributed by atoms with van der Waals surface area (Å²) in [6.07, 6.45) is 2.30. The van der Waals surface area contributed by atoms with Gasteiger partial charge in [-0.1, -0.05) is 67.2 Å². The molecule has 0 spiro atoms. The van der Waals surface area contributed by atoms with Crippen molar-refractivity contribution >= 4 is 22.6 Å². The van der Waals surface area contributed by atoms with Gasteiger partial charge in [-0.2, -0.15) is 0 Å². The third kappa shape index (κ3) is 3.48. The Hall–Kier alpha value is -1.74. The maximum atomic E-state index is 4.80. The van der Waals surface area contributed by atoms with E-state index in [-0.39, 0.29) is 0 Å². The summed E-state index contributed by atoms with van der Waals surface area (Å²) < 4.78 is 0. The van der Waals surface area contributed by atoms with Gasteiger partial charge < -0.3 is 5.32 Å². The summed E-state index contributed by atoms with van der Waals surface area (Å²) in [6, 6.07) is 19.4. The summed E-state index contributed by atoms with van der Waals surface area (Å²) in [6.45, 7) is 2.21. The maximum Gasteiger partial charge on any atom is 0.161 e. The topological polar surface area (TPSA) is 24.4 Å². The Morgan fingerprint density at radius 1 is 1.10 bits per heavy atom. The number of hydrogen-bond acceptors (Lipinski definition) is 3. The van der Waals surface area contributed by atoms with Gasteiger partial charge in [-0.25, -0.2) is 0 Å². The van der Waals surface area contributed by atoms with Crippen LogP contribution in [0.15, 0.2) is 59.6 Å². The fourth-order valence-electron chi connectivity index (χ4n) is 2.50. The molecular formula is C18H20N2S. The fourth-order valence-corrected chi connectivity index (χ4v) is 3.49. The molecule has 1 aliphatic rings. The van der Waals surface area contributed by atoms with Gasteiger partial charge in [0.2, 0.25) is 0 Å². The van der Waals surface area contributed by atoms with Crippen molar-refractivity contribution in [3.8, 4) is 11.1 Å². The monoisotopic (exact) mass is 296 g/mol. The van der Waals surface area contributed by atoms with Crippen molar-refractivity contribution in [3.05, 3.63) is 54.6 Å². The Morgan fingerprint density at radius 3 is 2.67 bits per heavy atom. The lowest BCUT2D eigenvalue weighted by Gasteiger charge is -2.20. The molecule has 1 aliphatic heterocycles. The van der Waals surface area contributed by atoms with E-state index in [4.69, 9.17) is 4.99 Å². The summed E-state index contributed by atoms with van der Waals surface area (Å²) in [5.74, 6) is 1.15. The zero-order valence-electron chi connectivity index (χ0n) is 12.3. The van der Waals surface area contributed by atoms with E-state index in [2.05, 4.69) is 60.8 Å². The molecule has 21 heavy (non-hydrogen) atoms. The average molecular weight is 296 g/mol. The lowest BCUT2D eigenvalue weighted by molar-refractivity contribution is 0.634. The largest absolute Gasteiger partial charge is 0.334 e. The van der Waals surface area contributed by atoms with E-state index in [0.29, 0.717) is 6.04 Å². The molecule has 1 unspecified atom stereocenters. The van der Waals surface area contributed by atoms with Crippen molar-refractivity contribution in [2.75, 3.05) is 11.1 Å². The normalized spacial score (nSPS) is 18.1. The van der Waals surface area contributed by atoms with Gasteiger partial charge in [0.05, 0.1) is 6.04 Å². The minimum absolute atomic E-state index is 0.470. The molecule has 1 atom stereocenters. The van der Waals surface area contributed by atoms with Gasteiger partial charge >= 0.3 is 0 Å². The molecule has 2 aromatic rings. The molecule has 1 heterocycles. The number of nitrogens with zero attached hydrogens (tertiary/aromatic N) is 1. The molecule has 3 rings (SSSR count). The predicted molar refractivity (Wildman–Crippen MR) is 94.1 cm³/mol. The molecule has 3 heteroatoms. The first-order valence-electron chi connectivity index (χ1n) is 7.49. The van der Waals surface area contributed by atoms with Crippen molar-refractivity contribution in [3.63, 3.8) is 0 Å². The van der Waals surface area contributed by atoms with Gasteiger partial charge in [-0.15, -0.1) is 0 Å². The number of thioether (sulfide) groups is 1. The number of aliphatic imine (C=N–C) groups is 1. The third-order valence-electron chi connectivity index (χ3n) is 3.71. The van der Waals surface area contributed by atoms with Crippen molar-refractivity contribution in [2.45, 2.75) is 25.8 Å². The van der Waals surface area contributed by atoms with Crippen LogP contribution < -0.4 is 5.32 Å². The Bertz CT molecular complexity index is 622. The summed E-state index contributed by atoms with van der Waals surface area (Å²) in [5.41, 5.74) is 3.58. The highest BCUT2D eigenvalue weighted by molar-refractivity contribution is 8.14. The lowest BCUT2D eigenvalue weighted by Crippen LogP contribution is -2.19. The van der Waals surface area contributed by atoms with Crippen LogP contribution in [0.25, 0.3) is 11.1 Å². The van der Waals surface area contributed by atoms with Crippen LogP contribution in [0.4, 0.5) is 5.69 Å². The van der Waals surface area contributed by atoms with Crippen LogP contribution in [-0.2, 0) is 0 Å². The number of rotatable bonds is 3. The third-order valence-corrected chi connectivity index (χ3v) is 4.64. The van der Waals surface area contributed by atoms with Crippen LogP contribution in [0.2, 0.25) is 0 Å². The fraction of sp³-hybridized carbons (Fsp3) is 0.278. The molecule has 2 nitrogen and oxygen atoms in total. The number of amidine groups is 1. The summed E-state index contributed by atoms with van der Waals surface area (Å²) in [4.78, 5) is 4.80. The first-order valence-corrected chi connectivity index (χ1v) is 8.47. The summed E-state index contributed by atoms with van der Waals surface area (Å²) >= 11 is 1.82. The quantitative estimate of drug-likeness (QED) is 0.858. The minimum Gasteiger partial charge on any atom is -0.334 e. The molecule has 0 radical (unpaired) electrons. The molecule has 0 saturated carbocycles. The molecule has 0 bridgehead atoms. The van der Waals surface area contributed by atoms with E-state index in [1.807, 2.05) is 17.8 Å². The zero-order valence-corrected chi connectivity index (χ0v) is 13.1. The second-order valence-electron chi connectivity index (χ2n) is 5.17. The number of nitrogens with one attached hydrogen (secondary N) is 1. The molecule has 0 aromatic heterocycles. The lowest BCUT2D eigenvalue weighted by atomic mass is 10.0. The molecule has 1 N–H and O–H groups in total. The number of benzene rings is 2. The zero-order chi connectivity index (χ0) is 14.5. The maximum absolute atomic E-state index is 4.80. The van der Waals surface area contributed by atoms with Crippen LogP contribution in [-0.4, -0.2) is 17.0 Å². The van der Waals surface area contributed by atoms with Gasteiger partial charge in [0.25, 0.3) is 0 Å². The predicted octanol–water partition coefficient (Wildman–Crippen LogP) is 5.04. The highest BCUT2D eigenvalue weighted by Gasteiger charge is 2.15. The van der Waals surface area contributed by atoms with Crippen molar-refractivity contribution in [1.82, 2.24) is 0 Å². The van der Waals surface area contributed by atoms with E-state index in [1.165, 1.54) is 17.5 Å². The Morgan fingerprint density at radius 2 is 1.86 bits per heavy atom. The Kier molecular flexibility index (Phi) is 4.61. The average Bonchev–Trinajstić information content (AvgIpc) is 2.56. The second kappa shape index (κ2) is 6.81. The number of hydrogen-bond donors (Lipinski definition) is 1. The Labute approximate surface area is 130 Å². The van der Waals surface area contributed by atoms with E-state index < -0.39 is 0 Å². The highest BCUT2D eigenvalue weighted by atomic mass is 32.2. The van der Waals surface area contributed by atoms with Crippen LogP contribution >= 0.6 is 11.8 Å². The van der Waals surface area contributed by atoms with Crippen LogP contribution in [0, 0.1) is 0 Å². The van der Waals surface area contributed by atoms with Gasteiger partial charge in [-0.05, 0) is 24.5 Å². The van der Waals surface area contributed by atoms with Gasteiger partial charge in [0.15, 0.2) is 5.17 Å². The van der Waals surface area contributed by atoms with E-state index in [0.717, 1.165) is 23.0 Å². The number of para-hydroxylation sites is 1. The van der Waals surface area contributed by atoms with Crippen LogP contribution in [0.5, 0.6) is 0 Å². The second-order valence-corrected chi connectivity index (χ2v) is 6.25. The first-order chi connectivity index (χ1) is 10.4. The van der Waals surface area contributed by atoms with Crippen LogP contribution in [0.1, 0.15) is 19.8 Å². The van der Waals surface area contributed by atoms with Crippen LogP contribution in [0.3, 0.4) is 0 Å². The number of anilines is 1. The SMILES string of the molecule is CCC1CCSC(Nc2ccccc2-c2ccccc2)=N1. The summed E-state index contributed by atoms with van der Waals surface area (Å²) in [7, 11) is 0. The minimum atomic E-state index is 0.470. The highest BCUT2D eigenvalue weighted by Crippen LogP contribution is 2.29. The van der Waals surface area contributed by atoms with E-state index >= 15 is 0 Å². The Balaban J connectivity index is 1.88. The van der Waals surface area contributed by atoms with Gasteiger partial charge in [0.1, 0.15) is 0 Å². The standard InChI is InChI=1S/C18H20N2S/c1-2-15-12-13-21-18(19-15)20-17-11-7-6-10-16(17)14-8-4-3-5-9-14/h3-11,15H,2,12-13H2,1H3,(H,19,20). The summed E-state index contributed by atoms with van der Waals surface area (Å²) in [5, 5.41) is 4.58. The smallest absolute Gasteiger partial charge is 0.161 e. The van der Waals surface area contributed by atoms with Crippen molar-refractivity contribution in [1.29, 1.82) is 0 Å². The van der Waals surface area contributed by atoms with Gasteiger partial charge in [-0.3, -0.25) is 4.99 Å². The molecule has 0 fully saturated rings. The molecule has 0 amide bonds. The molecular weight excluding hydrogens is 276 g/mol. The molecule has 108 valence electrons. The van der Waals surface area contributed by atoms with Gasteiger partial charge in [0, 0.05) is 17.0 Å². The first kappa shape index (κ1) is 14.2. The van der Waals surface area contributed by atoms with Crippen molar-refractivity contribution in [2.24, 2.45) is 4.99 Å². The molecule has 0 saturated heterocycles. The molecule has 0 aliphatic carbocycles. The van der Waals surface area contributed by atoms with E-state index in [1.54, 1.807) is 0 Å². The van der Waals surface area contributed by atoms with Crippen molar-refractivity contribution < 1.29 is 0 Å².